The molecule has 6 heteroatoms. The fraction of sp³-hybridized carbons (Fsp3) is 0.154. The van der Waals surface area contributed by atoms with E-state index in [1.807, 2.05) is 12.1 Å². The zero-order valence-electron chi connectivity index (χ0n) is 10.00. The maximum absolute atomic E-state index is 12.2. The molecule has 0 bridgehead atoms. The summed E-state index contributed by atoms with van der Waals surface area (Å²) in [6.07, 6.45) is 4.04. The first-order valence-electron chi connectivity index (χ1n) is 5.85. The predicted molar refractivity (Wildman–Crippen MR) is 74.6 cm³/mol. The van der Waals surface area contributed by atoms with Gasteiger partial charge >= 0.3 is 5.69 Å². The largest absolute Gasteiger partial charge is 0.328 e. The number of rotatable bonds is 3. The molecule has 0 atom stereocenters. The molecular weight excluding hydrogens is 262 g/mol. The summed E-state index contributed by atoms with van der Waals surface area (Å²) in [5, 5.41) is 1.80. The number of fused-ring (bicyclic) bond motifs is 1. The van der Waals surface area contributed by atoms with E-state index in [2.05, 4.69) is 9.97 Å². The SMILES string of the molecule is O=c1[nH]c2ccsc2c(=O)n1CCc1cccnc1. The highest BCUT2D eigenvalue weighted by atomic mass is 32.1. The van der Waals surface area contributed by atoms with Crippen LogP contribution >= 0.6 is 11.3 Å². The van der Waals surface area contributed by atoms with Crippen LogP contribution in [0.15, 0.2) is 45.6 Å². The second-order valence-corrected chi connectivity index (χ2v) is 5.08. The zero-order valence-corrected chi connectivity index (χ0v) is 10.8. The van der Waals surface area contributed by atoms with Gasteiger partial charge in [0.2, 0.25) is 0 Å². The van der Waals surface area contributed by atoms with E-state index >= 15 is 0 Å². The lowest BCUT2D eigenvalue weighted by atomic mass is 10.2. The Kier molecular flexibility index (Phi) is 3.00. The standard InChI is InChI=1S/C13H11N3O2S/c17-12-11-10(4-7-19-11)15-13(18)16(12)6-3-9-2-1-5-14-8-9/h1-2,4-5,7-8H,3,6H2,(H,15,18). The molecule has 3 heterocycles. The van der Waals surface area contributed by atoms with Gasteiger partial charge in [-0.2, -0.15) is 0 Å². The van der Waals surface area contributed by atoms with E-state index < -0.39 is 0 Å². The Morgan fingerprint density at radius 1 is 1.32 bits per heavy atom. The van der Waals surface area contributed by atoms with E-state index in [4.69, 9.17) is 0 Å². The fourth-order valence-electron chi connectivity index (χ4n) is 1.96. The van der Waals surface area contributed by atoms with Crippen molar-refractivity contribution in [3.05, 3.63) is 62.4 Å². The van der Waals surface area contributed by atoms with Gasteiger partial charge in [0.25, 0.3) is 5.56 Å². The molecule has 0 radical (unpaired) electrons. The molecule has 0 fully saturated rings. The Bertz CT molecular complexity index is 817. The van der Waals surface area contributed by atoms with E-state index in [-0.39, 0.29) is 11.2 Å². The van der Waals surface area contributed by atoms with Crippen LogP contribution in [0.1, 0.15) is 5.56 Å². The van der Waals surface area contributed by atoms with Crippen molar-refractivity contribution in [2.45, 2.75) is 13.0 Å². The molecule has 0 aliphatic carbocycles. The molecule has 0 spiro atoms. The lowest BCUT2D eigenvalue weighted by Gasteiger charge is -2.04. The van der Waals surface area contributed by atoms with Crippen molar-refractivity contribution in [3.63, 3.8) is 0 Å². The average Bonchev–Trinajstić information content (AvgIpc) is 2.88. The summed E-state index contributed by atoms with van der Waals surface area (Å²) in [6.45, 7) is 0.355. The van der Waals surface area contributed by atoms with Crippen molar-refractivity contribution >= 4 is 21.6 Å². The predicted octanol–water partition coefficient (Wildman–Crippen LogP) is 1.39. The topological polar surface area (TPSA) is 67.8 Å². The number of H-pyrrole nitrogens is 1. The minimum Gasteiger partial charge on any atom is -0.306 e. The number of thiophene rings is 1. The van der Waals surface area contributed by atoms with E-state index in [0.717, 1.165) is 5.56 Å². The Balaban J connectivity index is 1.97. The van der Waals surface area contributed by atoms with Crippen LogP contribution in [-0.2, 0) is 13.0 Å². The number of aromatic nitrogens is 3. The average molecular weight is 273 g/mol. The highest BCUT2D eigenvalue weighted by Gasteiger charge is 2.08. The first kappa shape index (κ1) is 11.9. The summed E-state index contributed by atoms with van der Waals surface area (Å²) < 4.78 is 1.83. The zero-order chi connectivity index (χ0) is 13.2. The van der Waals surface area contributed by atoms with Crippen molar-refractivity contribution in [3.8, 4) is 0 Å². The molecule has 3 aromatic heterocycles. The third-order valence-corrected chi connectivity index (χ3v) is 3.84. The van der Waals surface area contributed by atoms with Crippen LogP contribution in [0.5, 0.6) is 0 Å². The molecule has 96 valence electrons. The van der Waals surface area contributed by atoms with Crippen LogP contribution in [0.2, 0.25) is 0 Å². The second kappa shape index (κ2) is 4.81. The monoisotopic (exact) mass is 273 g/mol. The van der Waals surface area contributed by atoms with Crippen LogP contribution < -0.4 is 11.2 Å². The van der Waals surface area contributed by atoms with Gasteiger partial charge in [-0.1, -0.05) is 6.07 Å². The lowest BCUT2D eigenvalue weighted by molar-refractivity contribution is 0.636. The Hall–Kier alpha value is -2.21. The van der Waals surface area contributed by atoms with Crippen LogP contribution in [0, 0.1) is 0 Å². The number of aromatic amines is 1. The van der Waals surface area contributed by atoms with Crippen molar-refractivity contribution < 1.29 is 0 Å². The Morgan fingerprint density at radius 2 is 2.21 bits per heavy atom. The smallest absolute Gasteiger partial charge is 0.306 e. The number of nitrogens with one attached hydrogen (secondary N) is 1. The molecule has 1 N–H and O–H groups in total. The van der Waals surface area contributed by atoms with Gasteiger partial charge in [-0.3, -0.25) is 14.3 Å². The van der Waals surface area contributed by atoms with Gasteiger partial charge in [0.1, 0.15) is 4.70 Å². The number of nitrogens with zero attached hydrogens (tertiary/aromatic N) is 2. The number of aryl methyl sites for hydroxylation is 1. The Morgan fingerprint density at radius 3 is 3.00 bits per heavy atom. The maximum Gasteiger partial charge on any atom is 0.328 e. The first-order chi connectivity index (χ1) is 9.25. The minimum absolute atomic E-state index is 0.224. The third kappa shape index (κ3) is 2.22. The summed E-state index contributed by atoms with van der Waals surface area (Å²) in [5.41, 5.74) is 1.02. The van der Waals surface area contributed by atoms with E-state index in [1.54, 1.807) is 23.8 Å². The summed E-state index contributed by atoms with van der Waals surface area (Å²) >= 11 is 1.34. The van der Waals surface area contributed by atoms with Crippen molar-refractivity contribution in [2.75, 3.05) is 0 Å². The van der Waals surface area contributed by atoms with Crippen molar-refractivity contribution in [2.24, 2.45) is 0 Å². The minimum atomic E-state index is -0.361. The van der Waals surface area contributed by atoms with E-state index in [9.17, 15) is 9.59 Å². The summed E-state index contributed by atoms with van der Waals surface area (Å²) in [5.74, 6) is 0. The number of hydrogen-bond donors (Lipinski definition) is 1. The quantitative estimate of drug-likeness (QED) is 0.784. The summed E-state index contributed by atoms with van der Waals surface area (Å²) in [6, 6.07) is 5.51. The molecule has 0 aromatic carbocycles. The van der Waals surface area contributed by atoms with Crippen LogP contribution in [0.3, 0.4) is 0 Å². The van der Waals surface area contributed by atoms with Crippen LogP contribution in [-0.4, -0.2) is 14.5 Å². The van der Waals surface area contributed by atoms with E-state index in [1.165, 1.54) is 15.9 Å². The van der Waals surface area contributed by atoms with Gasteiger partial charge < -0.3 is 4.98 Å². The molecule has 0 amide bonds. The van der Waals surface area contributed by atoms with Crippen molar-refractivity contribution in [1.82, 2.24) is 14.5 Å². The normalized spacial score (nSPS) is 10.9. The fourth-order valence-corrected chi connectivity index (χ4v) is 2.76. The molecule has 0 saturated carbocycles. The lowest BCUT2D eigenvalue weighted by Crippen LogP contribution is -2.35. The molecule has 5 nitrogen and oxygen atoms in total. The summed E-state index contributed by atoms with van der Waals surface area (Å²) in [4.78, 5) is 30.8. The van der Waals surface area contributed by atoms with Gasteiger partial charge in [-0.15, -0.1) is 11.3 Å². The molecule has 0 unspecified atom stereocenters. The molecule has 0 saturated heterocycles. The number of pyridine rings is 1. The van der Waals surface area contributed by atoms with Crippen LogP contribution in [0.4, 0.5) is 0 Å². The van der Waals surface area contributed by atoms with Crippen LogP contribution in [0.25, 0.3) is 10.2 Å². The van der Waals surface area contributed by atoms with Gasteiger partial charge in [-0.25, -0.2) is 4.79 Å². The second-order valence-electron chi connectivity index (χ2n) is 4.16. The first-order valence-corrected chi connectivity index (χ1v) is 6.73. The molecule has 19 heavy (non-hydrogen) atoms. The molecule has 0 aliphatic rings. The molecule has 0 aliphatic heterocycles. The van der Waals surface area contributed by atoms with E-state index in [0.29, 0.717) is 23.2 Å². The molecule has 3 rings (SSSR count). The van der Waals surface area contributed by atoms with Crippen molar-refractivity contribution in [1.29, 1.82) is 0 Å². The molecule has 3 aromatic rings. The maximum atomic E-state index is 12.2. The summed E-state index contributed by atoms with van der Waals surface area (Å²) in [7, 11) is 0. The highest BCUT2D eigenvalue weighted by Crippen LogP contribution is 2.12. The van der Waals surface area contributed by atoms with Gasteiger partial charge in [0.05, 0.1) is 5.52 Å². The van der Waals surface area contributed by atoms with Gasteiger partial charge in [0, 0.05) is 18.9 Å². The molecular formula is C13H11N3O2S. The van der Waals surface area contributed by atoms with Gasteiger partial charge in [-0.05, 0) is 29.5 Å². The van der Waals surface area contributed by atoms with Gasteiger partial charge in [0.15, 0.2) is 0 Å². The third-order valence-electron chi connectivity index (χ3n) is 2.94. The highest BCUT2D eigenvalue weighted by molar-refractivity contribution is 7.17. The number of hydrogen-bond acceptors (Lipinski definition) is 4. The Labute approximate surface area is 112 Å².